The fourth-order valence-corrected chi connectivity index (χ4v) is 4.77. The predicted octanol–water partition coefficient (Wildman–Crippen LogP) is 3.65. The molecule has 33 heavy (non-hydrogen) atoms. The van der Waals surface area contributed by atoms with E-state index in [1.54, 1.807) is 11.0 Å². The number of hydrogen-bond acceptors (Lipinski definition) is 7. The van der Waals surface area contributed by atoms with E-state index in [9.17, 15) is 4.79 Å². The first kappa shape index (κ1) is 21.2. The highest BCUT2D eigenvalue weighted by Crippen LogP contribution is 2.34. The summed E-state index contributed by atoms with van der Waals surface area (Å²) in [5, 5.41) is 18.7. The third-order valence-corrected chi connectivity index (χ3v) is 6.43. The molecule has 0 atom stereocenters. The molecule has 10 heteroatoms. The molecule has 0 N–H and O–H groups in total. The Balaban J connectivity index is 1.44. The van der Waals surface area contributed by atoms with E-state index < -0.39 is 6.09 Å². The molecule has 5 rings (SSSR count). The van der Waals surface area contributed by atoms with Crippen LogP contribution in [0.4, 0.5) is 10.6 Å². The lowest BCUT2D eigenvalue weighted by Crippen LogP contribution is -2.34. The minimum absolute atomic E-state index is 0.204. The summed E-state index contributed by atoms with van der Waals surface area (Å²) >= 11 is 6.27. The number of rotatable bonds is 2. The SMILES string of the molecule is COC(=O)N1Cc2cc(Cl)ccc2-n2c(nnc2C2CCN(c3cccc(C#N)n3)CC2)C1. The zero-order valence-corrected chi connectivity index (χ0v) is 18.9. The van der Waals surface area contributed by atoms with Crippen LogP contribution in [0.25, 0.3) is 5.69 Å². The predicted molar refractivity (Wildman–Crippen MR) is 121 cm³/mol. The van der Waals surface area contributed by atoms with Crippen LogP contribution in [-0.2, 0) is 17.8 Å². The molecule has 3 aromatic rings. The van der Waals surface area contributed by atoms with E-state index in [-0.39, 0.29) is 5.92 Å². The number of benzene rings is 1. The van der Waals surface area contributed by atoms with E-state index in [4.69, 9.17) is 21.6 Å². The molecule has 2 aromatic heterocycles. The Bertz CT molecular complexity index is 1240. The third kappa shape index (κ3) is 3.98. The van der Waals surface area contributed by atoms with Gasteiger partial charge in [-0.25, -0.2) is 9.78 Å². The summed E-state index contributed by atoms with van der Waals surface area (Å²) in [6, 6.07) is 13.3. The molecular weight excluding hydrogens is 442 g/mol. The number of carbonyl (C=O) groups excluding carboxylic acids is 1. The largest absolute Gasteiger partial charge is 0.453 e. The molecule has 0 radical (unpaired) electrons. The molecule has 1 saturated heterocycles. The van der Waals surface area contributed by atoms with Crippen molar-refractivity contribution >= 4 is 23.5 Å². The van der Waals surface area contributed by atoms with E-state index in [1.807, 2.05) is 30.3 Å². The number of amides is 1. The molecule has 0 unspecified atom stereocenters. The van der Waals surface area contributed by atoms with Crippen molar-refractivity contribution in [3.05, 3.63) is 64.3 Å². The van der Waals surface area contributed by atoms with Crippen molar-refractivity contribution < 1.29 is 9.53 Å². The van der Waals surface area contributed by atoms with Gasteiger partial charge in [0.05, 0.1) is 25.9 Å². The van der Waals surface area contributed by atoms with Crippen LogP contribution in [0.1, 0.15) is 41.7 Å². The molecule has 9 nitrogen and oxygen atoms in total. The number of pyridine rings is 1. The summed E-state index contributed by atoms with van der Waals surface area (Å²) in [7, 11) is 1.37. The molecule has 2 aliphatic rings. The number of nitriles is 1. The van der Waals surface area contributed by atoms with Crippen molar-refractivity contribution in [1.82, 2.24) is 24.6 Å². The number of halogens is 1. The van der Waals surface area contributed by atoms with Gasteiger partial charge in [-0.05, 0) is 48.7 Å². The molecule has 2 aliphatic heterocycles. The normalized spacial score (nSPS) is 15.9. The van der Waals surface area contributed by atoms with Crippen molar-refractivity contribution in [3.63, 3.8) is 0 Å². The number of ether oxygens (including phenoxy) is 1. The van der Waals surface area contributed by atoms with Gasteiger partial charge in [0, 0.05) is 24.0 Å². The van der Waals surface area contributed by atoms with Gasteiger partial charge < -0.3 is 9.64 Å². The molecule has 168 valence electrons. The summed E-state index contributed by atoms with van der Waals surface area (Å²) in [4.78, 5) is 20.6. The van der Waals surface area contributed by atoms with Crippen LogP contribution in [0.2, 0.25) is 5.02 Å². The van der Waals surface area contributed by atoms with E-state index in [2.05, 4.69) is 30.7 Å². The summed E-state index contributed by atoms with van der Waals surface area (Å²) < 4.78 is 7.04. The quantitative estimate of drug-likeness (QED) is 0.571. The van der Waals surface area contributed by atoms with Gasteiger partial charge in [0.15, 0.2) is 5.82 Å². The Morgan fingerprint density at radius 1 is 1.18 bits per heavy atom. The van der Waals surface area contributed by atoms with E-state index in [0.717, 1.165) is 48.8 Å². The fraction of sp³-hybridized carbons (Fsp3) is 0.348. The number of hydrogen-bond donors (Lipinski definition) is 0. The number of aromatic nitrogens is 4. The smallest absolute Gasteiger partial charge is 0.410 e. The maximum atomic E-state index is 12.3. The Morgan fingerprint density at radius 3 is 2.76 bits per heavy atom. The van der Waals surface area contributed by atoms with Gasteiger partial charge >= 0.3 is 6.09 Å². The van der Waals surface area contributed by atoms with Gasteiger partial charge in [-0.3, -0.25) is 9.47 Å². The van der Waals surface area contributed by atoms with Crippen LogP contribution in [-0.4, -0.2) is 50.9 Å². The van der Waals surface area contributed by atoms with Gasteiger partial charge in [0.1, 0.15) is 23.4 Å². The molecule has 0 aliphatic carbocycles. The highest BCUT2D eigenvalue weighted by molar-refractivity contribution is 6.30. The van der Waals surface area contributed by atoms with Crippen LogP contribution in [0.3, 0.4) is 0 Å². The Labute approximate surface area is 196 Å². The zero-order chi connectivity index (χ0) is 22.9. The maximum Gasteiger partial charge on any atom is 0.410 e. The molecule has 0 spiro atoms. The number of methoxy groups -OCH3 is 1. The maximum absolute atomic E-state index is 12.3. The second kappa shape index (κ2) is 8.71. The number of anilines is 1. The average Bonchev–Trinajstić information content (AvgIpc) is 3.19. The van der Waals surface area contributed by atoms with Gasteiger partial charge in [0.2, 0.25) is 0 Å². The lowest BCUT2D eigenvalue weighted by atomic mass is 9.95. The molecule has 1 aromatic carbocycles. The zero-order valence-electron chi connectivity index (χ0n) is 18.1. The van der Waals surface area contributed by atoms with Crippen molar-refractivity contribution in [2.24, 2.45) is 0 Å². The second-order valence-electron chi connectivity index (χ2n) is 8.16. The summed E-state index contributed by atoms with van der Waals surface area (Å²) in [5.41, 5.74) is 2.28. The highest BCUT2D eigenvalue weighted by Gasteiger charge is 2.31. The topological polar surface area (TPSA) is 100 Å². The van der Waals surface area contributed by atoms with E-state index in [1.165, 1.54) is 7.11 Å². The van der Waals surface area contributed by atoms with Crippen LogP contribution in [0.15, 0.2) is 36.4 Å². The molecule has 1 fully saturated rings. The summed E-state index contributed by atoms with van der Waals surface area (Å²) in [5.74, 6) is 2.61. The van der Waals surface area contributed by atoms with Gasteiger partial charge in [0.25, 0.3) is 0 Å². The van der Waals surface area contributed by atoms with Gasteiger partial charge in [-0.1, -0.05) is 17.7 Å². The monoisotopic (exact) mass is 463 g/mol. The lowest BCUT2D eigenvalue weighted by molar-refractivity contribution is 0.117. The Morgan fingerprint density at radius 2 is 2.00 bits per heavy atom. The molecular formula is C23H22ClN7O2. The van der Waals surface area contributed by atoms with Crippen LogP contribution in [0.5, 0.6) is 0 Å². The third-order valence-electron chi connectivity index (χ3n) is 6.20. The van der Waals surface area contributed by atoms with E-state index >= 15 is 0 Å². The number of nitrogens with zero attached hydrogens (tertiary/aromatic N) is 7. The first-order valence-corrected chi connectivity index (χ1v) is 11.1. The van der Waals surface area contributed by atoms with Gasteiger partial charge in [-0.2, -0.15) is 5.26 Å². The van der Waals surface area contributed by atoms with Crippen molar-refractivity contribution in [1.29, 1.82) is 5.26 Å². The van der Waals surface area contributed by atoms with Crippen molar-refractivity contribution in [2.45, 2.75) is 31.8 Å². The minimum Gasteiger partial charge on any atom is -0.453 e. The Kier molecular flexibility index (Phi) is 5.60. The first-order valence-electron chi connectivity index (χ1n) is 10.8. The first-order chi connectivity index (χ1) is 16.1. The summed E-state index contributed by atoms with van der Waals surface area (Å²) in [6.07, 6.45) is 1.33. The van der Waals surface area contributed by atoms with Crippen LogP contribution >= 0.6 is 11.6 Å². The van der Waals surface area contributed by atoms with Crippen LogP contribution in [0, 0.1) is 11.3 Å². The van der Waals surface area contributed by atoms with Crippen LogP contribution < -0.4 is 4.90 Å². The second-order valence-corrected chi connectivity index (χ2v) is 8.60. The number of fused-ring (bicyclic) bond motifs is 3. The number of carbonyl (C=O) groups is 1. The van der Waals surface area contributed by atoms with E-state index in [0.29, 0.717) is 29.6 Å². The standard InChI is InChI=1S/C23H22ClN7O2/c1-33-23(32)30-13-16-11-17(24)5-6-19(16)31-21(14-30)27-28-22(31)15-7-9-29(10-8-15)20-4-2-3-18(12-25)26-20/h2-6,11,15H,7-10,13-14H2,1H3. The molecule has 0 saturated carbocycles. The lowest BCUT2D eigenvalue weighted by Gasteiger charge is -2.32. The number of piperidine rings is 1. The minimum atomic E-state index is -0.417. The summed E-state index contributed by atoms with van der Waals surface area (Å²) in [6.45, 7) is 2.29. The average molecular weight is 464 g/mol. The van der Waals surface area contributed by atoms with Crippen molar-refractivity contribution in [3.8, 4) is 11.8 Å². The molecule has 0 bridgehead atoms. The Hall–Kier alpha value is -3.64. The van der Waals surface area contributed by atoms with Crippen molar-refractivity contribution in [2.75, 3.05) is 25.1 Å². The molecule has 1 amide bonds. The molecule has 4 heterocycles. The highest BCUT2D eigenvalue weighted by atomic mass is 35.5. The van der Waals surface area contributed by atoms with Gasteiger partial charge in [-0.15, -0.1) is 10.2 Å². The fourth-order valence-electron chi connectivity index (χ4n) is 4.58.